The van der Waals surface area contributed by atoms with E-state index in [1.807, 2.05) is 0 Å². The molecule has 0 amide bonds. The van der Waals surface area contributed by atoms with E-state index in [2.05, 4.69) is 4.98 Å². The number of halogens is 2. The molecule has 7 heteroatoms. The van der Waals surface area contributed by atoms with Gasteiger partial charge in [0.15, 0.2) is 0 Å². The van der Waals surface area contributed by atoms with Gasteiger partial charge in [0, 0.05) is 23.4 Å². The molecule has 2 aromatic rings. The number of H-pyrrole nitrogens is 1. The van der Waals surface area contributed by atoms with E-state index >= 15 is 0 Å². The van der Waals surface area contributed by atoms with Crippen LogP contribution in [0.4, 0.5) is 5.69 Å². The summed E-state index contributed by atoms with van der Waals surface area (Å²) in [6, 6.07) is 9.06. The molecule has 0 aliphatic heterocycles. The second-order valence-corrected chi connectivity index (χ2v) is 3.76. The standard InChI is InChI=1S/C11H7ClN2O3.ClH/c12-9-4-5-10(13-11(9)15)7-2-1-3-8(6-7)14(16)17;/h1-6H,(H,13,15);1H. The Labute approximate surface area is 113 Å². The molecule has 1 heterocycles. The van der Waals surface area contributed by atoms with E-state index in [0.717, 1.165) is 0 Å². The second-order valence-electron chi connectivity index (χ2n) is 3.36. The molecule has 0 radical (unpaired) electrons. The van der Waals surface area contributed by atoms with E-state index in [1.165, 1.54) is 18.2 Å². The average Bonchev–Trinajstić information content (AvgIpc) is 2.33. The van der Waals surface area contributed by atoms with Gasteiger partial charge in [-0.2, -0.15) is 0 Å². The number of aromatic nitrogens is 1. The second kappa shape index (κ2) is 5.66. The van der Waals surface area contributed by atoms with Crippen molar-refractivity contribution in [2.75, 3.05) is 0 Å². The van der Waals surface area contributed by atoms with Crippen molar-refractivity contribution in [3.63, 3.8) is 0 Å². The van der Waals surface area contributed by atoms with Crippen LogP contribution in [0.2, 0.25) is 5.02 Å². The van der Waals surface area contributed by atoms with Crippen molar-refractivity contribution < 1.29 is 4.92 Å². The lowest BCUT2D eigenvalue weighted by Crippen LogP contribution is -2.06. The summed E-state index contributed by atoms with van der Waals surface area (Å²) < 4.78 is 0. The maximum absolute atomic E-state index is 11.3. The monoisotopic (exact) mass is 286 g/mol. The normalized spacial score (nSPS) is 9.61. The van der Waals surface area contributed by atoms with Crippen molar-refractivity contribution in [1.29, 1.82) is 0 Å². The van der Waals surface area contributed by atoms with Crippen LogP contribution in [0.15, 0.2) is 41.2 Å². The Morgan fingerprint density at radius 3 is 2.56 bits per heavy atom. The molecule has 0 fully saturated rings. The number of hydrogen-bond acceptors (Lipinski definition) is 3. The first-order valence-corrected chi connectivity index (χ1v) is 5.09. The molecule has 18 heavy (non-hydrogen) atoms. The van der Waals surface area contributed by atoms with Crippen molar-refractivity contribution in [3.8, 4) is 11.3 Å². The first-order valence-electron chi connectivity index (χ1n) is 4.71. The minimum atomic E-state index is -0.489. The van der Waals surface area contributed by atoms with Gasteiger partial charge < -0.3 is 4.98 Å². The Balaban J connectivity index is 0.00000162. The van der Waals surface area contributed by atoms with Crippen LogP contribution in [0.1, 0.15) is 0 Å². The highest BCUT2D eigenvalue weighted by molar-refractivity contribution is 6.30. The first-order chi connectivity index (χ1) is 8.08. The van der Waals surface area contributed by atoms with Gasteiger partial charge in [0.25, 0.3) is 11.2 Å². The van der Waals surface area contributed by atoms with E-state index in [9.17, 15) is 14.9 Å². The lowest BCUT2D eigenvalue weighted by atomic mass is 10.1. The van der Waals surface area contributed by atoms with Gasteiger partial charge in [0.2, 0.25) is 0 Å². The Morgan fingerprint density at radius 1 is 1.22 bits per heavy atom. The number of hydrogen-bond donors (Lipinski definition) is 1. The summed E-state index contributed by atoms with van der Waals surface area (Å²) in [7, 11) is 0. The van der Waals surface area contributed by atoms with Crippen LogP contribution in [-0.2, 0) is 0 Å². The molecule has 0 aliphatic carbocycles. The minimum absolute atomic E-state index is 0. The van der Waals surface area contributed by atoms with E-state index in [-0.39, 0.29) is 23.1 Å². The fourth-order valence-corrected chi connectivity index (χ4v) is 1.52. The molecule has 1 N–H and O–H groups in total. The SMILES string of the molecule is Cl.O=c1[nH]c(-c2cccc([N+](=O)[O-])c2)ccc1Cl. The summed E-state index contributed by atoms with van der Waals surface area (Å²) in [5.74, 6) is 0. The summed E-state index contributed by atoms with van der Waals surface area (Å²) in [4.78, 5) is 24.0. The minimum Gasteiger partial charge on any atom is -0.321 e. The molecule has 5 nitrogen and oxygen atoms in total. The van der Waals surface area contributed by atoms with Gasteiger partial charge in [-0.25, -0.2) is 0 Å². The summed E-state index contributed by atoms with van der Waals surface area (Å²) in [5, 5.41) is 10.7. The van der Waals surface area contributed by atoms with Gasteiger partial charge in [0.1, 0.15) is 5.02 Å². The summed E-state index contributed by atoms with van der Waals surface area (Å²) in [6.45, 7) is 0. The van der Waals surface area contributed by atoms with Gasteiger partial charge >= 0.3 is 0 Å². The number of nitro groups is 1. The highest BCUT2D eigenvalue weighted by Gasteiger charge is 2.08. The number of nitro benzene ring substituents is 1. The van der Waals surface area contributed by atoms with Gasteiger partial charge in [-0.3, -0.25) is 14.9 Å². The molecular weight excluding hydrogens is 279 g/mol. The molecule has 0 saturated heterocycles. The third-order valence-electron chi connectivity index (χ3n) is 2.23. The number of pyridine rings is 1. The summed E-state index contributed by atoms with van der Waals surface area (Å²) in [5.41, 5.74) is 0.602. The molecule has 2 rings (SSSR count). The Morgan fingerprint density at radius 2 is 1.94 bits per heavy atom. The van der Waals surface area contributed by atoms with Gasteiger partial charge in [-0.1, -0.05) is 23.7 Å². The van der Waals surface area contributed by atoms with Crippen molar-refractivity contribution in [2.45, 2.75) is 0 Å². The van der Waals surface area contributed by atoms with Crippen LogP contribution in [0, 0.1) is 10.1 Å². The molecule has 0 spiro atoms. The number of aromatic amines is 1. The van der Waals surface area contributed by atoms with Crippen LogP contribution in [-0.4, -0.2) is 9.91 Å². The largest absolute Gasteiger partial charge is 0.321 e. The average molecular weight is 287 g/mol. The van der Waals surface area contributed by atoms with Crippen molar-refractivity contribution >= 4 is 29.7 Å². The molecule has 0 atom stereocenters. The van der Waals surface area contributed by atoms with E-state index in [0.29, 0.717) is 11.3 Å². The Bertz CT molecular complexity index is 640. The predicted octanol–water partition coefficient (Wildman–Crippen LogP) is 3.03. The Kier molecular flexibility index (Phi) is 4.47. The maximum Gasteiger partial charge on any atom is 0.270 e. The number of rotatable bonds is 2. The summed E-state index contributed by atoms with van der Waals surface area (Å²) in [6.07, 6.45) is 0. The Hall–Kier alpha value is -1.85. The predicted molar refractivity (Wildman–Crippen MR) is 71.4 cm³/mol. The van der Waals surface area contributed by atoms with E-state index in [4.69, 9.17) is 11.6 Å². The lowest BCUT2D eigenvalue weighted by Gasteiger charge is -2.01. The number of nitrogens with one attached hydrogen (secondary N) is 1. The van der Waals surface area contributed by atoms with Crippen LogP contribution in [0.25, 0.3) is 11.3 Å². The first kappa shape index (κ1) is 14.2. The zero-order valence-corrected chi connectivity index (χ0v) is 10.5. The highest BCUT2D eigenvalue weighted by Crippen LogP contribution is 2.21. The van der Waals surface area contributed by atoms with Crippen LogP contribution >= 0.6 is 24.0 Å². The van der Waals surface area contributed by atoms with Crippen LogP contribution in [0.5, 0.6) is 0 Å². The highest BCUT2D eigenvalue weighted by atomic mass is 35.5. The van der Waals surface area contributed by atoms with Gasteiger partial charge in [-0.05, 0) is 12.1 Å². The lowest BCUT2D eigenvalue weighted by molar-refractivity contribution is -0.384. The fourth-order valence-electron chi connectivity index (χ4n) is 1.41. The molecule has 0 saturated carbocycles. The molecule has 1 aromatic carbocycles. The zero-order valence-electron chi connectivity index (χ0n) is 8.92. The number of nitrogens with zero attached hydrogens (tertiary/aromatic N) is 1. The molecular formula is C11H8Cl2N2O3. The van der Waals surface area contributed by atoms with E-state index < -0.39 is 10.5 Å². The topological polar surface area (TPSA) is 76.0 Å². The number of benzene rings is 1. The molecule has 0 aliphatic rings. The molecule has 0 unspecified atom stereocenters. The van der Waals surface area contributed by atoms with E-state index in [1.54, 1.807) is 18.2 Å². The van der Waals surface area contributed by atoms with Crippen LogP contribution in [0.3, 0.4) is 0 Å². The third kappa shape index (κ3) is 2.88. The van der Waals surface area contributed by atoms with Crippen molar-refractivity contribution in [3.05, 3.63) is 61.9 Å². The maximum atomic E-state index is 11.3. The van der Waals surface area contributed by atoms with Gasteiger partial charge in [-0.15, -0.1) is 12.4 Å². The quantitative estimate of drug-likeness (QED) is 0.681. The zero-order chi connectivity index (χ0) is 12.4. The third-order valence-corrected chi connectivity index (χ3v) is 2.53. The van der Waals surface area contributed by atoms with Crippen molar-refractivity contribution in [2.24, 2.45) is 0 Å². The molecule has 1 aromatic heterocycles. The van der Waals surface area contributed by atoms with Crippen molar-refractivity contribution in [1.82, 2.24) is 4.98 Å². The number of non-ortho nitro benzene ring substituents is 1. The fraction of sp³-hybridized carbons (Fsp3) is 0. The summed E-state index contributed by atoms with van der Waals surface area (Å²) >= 11 is 5.60. The molecule has 94 valence electrons. The smallest absolute Gasteiger partial charge is 0.270 e. The molecule has 0 bridgehead atoms. The van der Waals surface area contributed by atoms with Crippen LogP contribution < -0.4 is 5.56 Å². The van der Waals surface area contributed by atoms with Gasteiger partial charge in [0.05, 0.1) is 4.92 Å².